The summed E-state index contributed by atoms with van der Waals surface area (Å²) >= 11 is 0. The second-order valence-corrected chi connectivity index (χ2v) is 7.24. The van der Waals surface area contributed by atoms with Crippen LogP contribution in [0, 0.1) is 17.2 Å². The van der Waals surface area contributed by atoms with E-state index < -0.39 is 5.91 Å². The summed E-state index contributed by atoms with van der Waals surface area (Å²) in [4.78, 5) is 23.1. The lowest BCUT2D eigenvalue weighted by Crippen LogP contribution is -2.40. The number of amides is 2. The molecule has 1 unspecified atom stereocenters. The summed E-state index contributed by atoms with van der Waals surface area (Å²) in [5.74, 6) is 0.237. The monoisotopic (exact) mass is 318 g/mol. The van der Waals surface area contributed by atoms with Gasteiger partial charge in [-0.2, -0.15) is 0 Å². The predicted octanol–water partition coefficient (Wildman–Crippen LogP) is 4.15. The standard InChI is InChI=1S/C19H30N2O2/c1-14(12-16-17(20)13-18(22)21-19(16)23)11-15-9-7-5-3-2-4-6-8-10-15/h12,14-15,20H,2-11,13H2,1H3,(H,21,22,23)/b16-12+,20-17?. The highest BCUT2D eigenvalue weighted by atomic mass is 16.2. The van der Waals surface area contributed by atoms with Gasteiger partial charge in [0.2, 0.25) is 5.91 Å². The smallest absolute Gasteiger partial charge is 0.259 e. The summed E-state index contributed by atoms with van der Waals surface area (Å²) in [6.07, 6.45) is 15.1. The lowest BCUT2D eigenvalue weighted by Gasteiger charge is -2.22. The lowest BCUT2D eigenvalue weighted by atomic mass is 9.84. The highest BCUT2D eigenvalue weighted by molar-refractivity contribution is 6.31. The average Bonchev–Trinajstić information content (AvgIpc) is 2.49. The van der Waals surface area contributed by atoms with Crippen LogP contribution in [0.5, 0.6) is 0 Å². The lowest BCUT2D eigenvalue weighted by molar-refractivity contribution is -0.128. The minimum absolute atomic E-state index is 0.0215. The first-order valence-corrected chi connectivity index (χ1v) is 9.20. The summed E-state index contributed by atoms with van der Waals surface area (Å²) in [5, 5.41) is 10.2. The molecular weight excluding hydrogens is 288 g/mol. The van der Waals surface area contributed by atoms with Crippen LogP contribution in [-0.4, -0.2) is 17.5 Å². The highest BCUT2D eigenvalue weighted by Crippen LogP contribution is 2.28. The van der Waals surface area contributed by atoms with Crippen LogP contribution >= 0.6 is 0 Å². The summed E-state index contributed by atoms with van der Waals surface area (Å²) in [6, 6.07) is 0. The van der Waals surface area contributed by atoms with Crippen LogP contribution in [0.2, 0.25) is 0 Å². The number of rotatable bonds is 3. The molecule has 1 saturated carbocycles. The molecule has 2 rings (SSSR count). The van der Waals surface area contributed by atoms with Gasteiger partial charge in [0.25, 0.3) is 5.91 Å². The van der Waals surface area contributed by atoms with E-state index in [0.29, 0.717) is 5.57 Å². The quantitative estimate of drug-likeness (QED) is 0.606. The topological polar surface area (TPSA) is 70.0 Å². The van der Waals surface area contributed by atoms with E-state index in [-0.39, 0.29) is 24.0 Å². The van der Waals surface area contributed by atoms with Crippen LogP contribution in [0.3, 0.4) is 0 Å². The molecule has 1 aliphatic carbocycles. The zero-order valence-electron chi connectivity index (χ0n) is 14.3. The fourth-order valence-electron chi connectivity index (χ4n) is 3.82. The van der Waals surface area contributed by atoms with Crippen molar-refractivity contribution in [3.63, 3.8) is 0 Å². The van der Waals surface area contributed by atoms with Crippen LogP contribution in [0.15, 0.2) is 11.6 Å². The van der Waals surface area contributed by atoms with E-state index >= 15 is 0 Å². The van der Waals surface area contributed by atoms with Gasteiger partial charge >= 0.3 is 0 Å². The number of allylic oxidation sites excluding steroid dienone is 1. The van der Waals surface area contributed by atoms with Crippen molar-refractivity contribution in [2.75, 3.05) is 0 Å². The van der Waals surface area contributed by atoms with Crippen molar-refractivity contribution in [1.82, 2.24) is 5.32 Å². The average molecular weight is 318 g/mol. The molecule has 0 aromatic carbocycles. The first-order chi connectivity index (χ1) is 11.1. The maximum Gasteiger partial charge on any atom is 0.259 e. The summed E-state index contributed by atoms with van der Waals surface area (Å²) in [7, 11) is 0. The fourth-order valence-corrected chi connectivity index (χ4v) is 3.82. The molecule has 0 spiro atoms. The molecule has 0 bridgehead atoms. The van der Waals surface area contributed by atoms with Crippen molar-refractivity contribution < 1.29 is 9.59 Å². The zero-order chi connectivity index (χ0) is 16.7. The third-order valence-corrected chi connectivity index (χ3v) is 5.04. The normalized spacial score (nSPS) is 25.3. The summed E-state index contributed by atoms with van der Waals surface area (Å²) in [6.45, 7) is 2.13. The molecule has 1 aliphatic heterocycles. The number of hydrogen-bond acceptors (Lipinski definition) is 3. The molecule has 2 N–H and O–H groups in total. The number of nitrogens with one attached hydrogen (secondary N) is 2. The Morgan fingerprint density at radius 3 is 2.22 bits per heavy atom. The molecule has 1 atom stereocenters. The Kier molecular flexibility index (Phi) is 7.00. The Bertz CT molecular complexity index is 450. The minimum Gasteiger partial charge on any atom is -0.304 e. The van der Waals surface area contributed by atoms with Crippen molar-refractivity contribution in [3.8, 4) is 0 Å². The Hall–Kier alpha value is -1.45. The molecular formula is C19H30N2O2. The van der Waals surface area contributed by atoms with Gasteiger partial charge in [0.05, 0.1) is 17.7 Å². The van der Waals surface area contributed by atoms with Gasteiger partial charge < -0.3 is 5.41 Å². The van der Waals surface area contributed by atoms with Gasteiger partial charge in [0.1, 0.15) is 0 Å². The summed E-state index contributed by atoms with van der Waals surface area (Å²) in [5.41, 5.74) is 0.563. The Balaban J connectivity index is 1.92. The number of carbonyl (C=O) groups is 2. The predicted molar refractivity (Wildman–Crippen MR) is 92.4 cm³/mol. The minimum atomic E-state index is -0.399. The van der Waals surface area contributed by atoms with Crippen molar-refractivity contribution >= 4 is 17.5 Å². The molecule has 4 nitrogen and oxygen atoms in total. The molecule has 128 valence electrons. The van der Waals surface area contributed by atoms with E-state index in [1.165, 1.54) is 57.8 Å². The van der Waals surface area contributed by atoms with Gasteiger partial charge in [0, 0.05) is 0 Å². The van der Waals surface area contributed by atoms with Gasteiger partial charge in [0.15, 0.2) is 0 Å². The van der Waals surface area contributed by atoms with Gasteiger partial charge in [-0.3, -0.25) is 14.9 Å². The summed E-state index contributed by atoms with van der Waals surface area (Å²) < 4.78 is 0. The van der Waals surface area contributed by atoms with E-state index in [9.17, 15) is 9.59 Å². The van der Waals surface area contributed by atoms with Gasteiger partial charge in [-0.25, -0.2) is 0 Å². The van der Waals surface area contributed by atoms with Crippen LogP contribution < -0.4 is 5.32 Å². The van der Waals surface area contributed by atoms with E-state index in [0.717, 1.165) is 12.3 Å². The van der Waals surface area contributed by atoms with Crippen LogP contribution in [-0.2, 0) is 9.59 Å². The molecule has 2 aliphatic rings. The fraction of sp³-hybridized carbons (Fsp3) is 0.737. The SMILES string of the molecule is CC(/C=C1\C(=N)CC(=O)NC1=O)CC1CCCCCCCCC1. The first-order valence-electron chi connectivity index (χ1n) is 9.20. The molecule has 23 heavy (non-hydrogen) atoms. The van der Waals surface area contributed by atoms with Crippen LogP contribution in [0.4, 0.5) is 0 Å². The third kappa shape index (κ3) is 5.92. The van der Waals surface area contributed by atoms with Gasteiger partial charge in [-0.1, -0.05) is 70.8 Å². The maximum atomic E-state index is 11.9. The number of hydrogen-bond donors (Lipinski definition) is 2. The number of piperidine rings is 1. The molecule has 1 heterocycles. The van der Waals surface area contributed by atoms with E-state index in [1.807, 2.05) is 6.08 Å². The van der Waals surface area contributed by atoms with Crippen molar-refractivity contribution in [2.45, 2.75) is 77.6 Å². The Labute approximate surface area is 139 Å². The molecule has 4 heteroatoms. The molecule has 2 amide bonds. The van der Waals surface area contributed by atoms with E-state index in [4.69, 9.17) is 5.41 Å². The largest absolute Gasteiger partial charge is 0.304 e. The highest BCUT2D eigenvalue weighted by Gasteiger charge is 2.26. The first kappa shape index (κ1) is 17.9. The van der Waals surface area contributed by atoms with Crippen LogP contribution in [0.1, 0.15) is 77.6 Å². The zero-order valence-corrected chi connectivity index (χ0v) is 14.3. The molecule has 0 radical (unpaired) electrons. The Morgan fingerprint density at radius 1 is 1.09 bits per heavy atom. The van der Waals surface area contributed by atoms with Crippen LogP contribution in [0.25, 0.3) is 0 Å². The van der Waals surface area contributed by atoms with Crippen molar-refractivity contribution in [3.05, 3.63) is 11.6 Å². The molecule has 0 aromatic rings. The number of imide groups is 1. The third-order valence-electron chi connectivity index (χ3n) is 5.04. The van der Waals surface area contributed by atoms with Gasteiger partial charge in [-0.15, -0.1) is 0 Å². The van der Waals surface area contributed by atoms with Gasteiger partial charge in [-0.05, 0) is 18.3 Å². The maximum absolute atomic E-state index is 11.9. The second-order valence-electron chi connectivity index (χ2n) is 7.24. The van der Waals surface area contributed by atoms with E-state index in [2.05, 4.69) is 12.2 Å². The van der Waals surface area contributed by atoms with Crippen molar-refractivity contribution in [1.29, 1.82) is 5.41 Å². The molecule has 0 aromatic heterocycles. The second kappa shape index (κ2) is 8.99. The number of carbonyl (C=O) groups excluding carboxylic acids is 2. The molecule has 1 saturated heterocycles. The molecule has 2 fully saturated rings. The van der Waals surface area contributed by atoms with E-state index in [1.54, 1.807) is 0 Å². The Morgan fingerprint density at radius 2 is 1.65 bits per heavy atom. The van der Waals surface area contributed by atoms with Crippen molar-refractivity contribution in [2.24, 2.45) is 11.8 Å².